The van der Waals surface area contributed by atoms with Gasteiger partial charge in [-0.3, -0.25) is 14.3 Å². The highest BCUT2D eigenvalue weighted by molar-refractivity contribution is 6.31. The van der Waals surface area contributed by atoms with Crippen LogP contribution in [0.5, 0.6) is 0 Å². The number of benzene rings is 1. The molecule has 7 heteroatoms. The molecule has 1 aromatic carbocycles. The summed E-state index contributed by atoms with van der Waals surface area (Å²) in [6.45, 7) is 10.8. The molecule has 2 aromatic rings. The topological polar surface area (TPSA) is 41.4 Å². The summed E-state index contributed by atoms with van der Waals surface area (Å²) >= 11 is 5.91. The van der Waals surface area contributed by atoms with Crippen LogP contribution in [0.4, 0.5) is 4.39 Å². The number of halogens is 2. The van der Waals surface area contributed by atoms with E-state index in [1.54, 1.807) is 4.57 Å². The summed E-state index contributed by atoms with van der Waals surface area (Å²) < 4.78 is 15.8. The molecule has 0 spiro atoms. The second kappa shape index (κ2) is 8.89. The van der Waals surface area contributed by atoms with Crippen LogP contribution in [0.1, 0.15) is 45.5 Å². The fourth-order valence-electron chi connectivity index (χ4n) is 4.30. The van der Waals surface area contributed by atoms with Gasteiger partial charge < -0.3 is 4.90 Å². The summed E-state index contributed by atoms with van der Waals surface area (Å²) in [7, 11) is 2.15. The molecule has 1 aromatic heterocycles. The molecule has 0 radical (unpaired) electrons. The maximum absolute atomic E-state index is 14.0. The molecule has 28 heavy (non-hydrogen) atoms. The summed E-state index contributed by atoms with van der Waals surface area (Å²) in [5, 5.41) is 0.326. The van der Waals surface area contributed by atoms with Crippen LogP contribution in [0.2, 0.25) is 5.02 Å². The van der Waals surface area contributed by atoms with E-state index in [2.05, 4.69) is 30.7 Å². The molecule has 2 heterocycles. The maximum atomic E-state index is 14.0. The van der Waals surface area contributed by atoms with Crippen molar-refractivity contribution in [3.8, 4) is 0 Å². The Morgan fingerprint density at radius 1 is 1.29 bits per heavy atom. The zero-order chi connectivity index (χ0) is 20.4. The molecule has 0 unspecified atom stereocenters. The molecule has 1 aliphatic heterocycles. The summed E-state index contributed by atoms with van der Waals surface area (Å²) in [6.07, 6.45) is 1.89. The third-order valence-corrected chi connectivity index (χ3v) is 5.87. The summed E-state index contributed by atoms with van der Waals surface area (Å²) in [5.74, 6) is 0.726. The second-order valence-electron chi connectivity index (χ2n) is 7.97. The van der Waals surface area contributed by atoms with Crippen LogP contribution in [-0.4, -0.2) is 52.6 Å². The summed E-state index contributed by atoms with van der Waals surface area (Å²) in [5.41, 5.74) is 0.234. The Labute approximate surface area is 171 Å². The van der Waals surface area contributed by atoms with E-state index < -0.39 is 5.82 Å². The Balaban J connectivity index is 2.14. The van der Waals surface area contributed by atoms with Crippen molar-refractivity contribution < 1.29 is 4.39 Å². The Morgan fingerprint density at radius 3 is 2.71 bits per heavy atom. The fourth-order valence-corrected chi connectivity index (χ4v) is 4.46. The first-order valence-electron chi connectivity index (χ1n) is 10.2. The van der Waals surface area contributed by atoms with Crippen LogP contribution in [0.15, 0.2) is 16.9 Å². The molecular weight excluding hydrogens is 379 g/mol. The van der Waals surface area contributed by atoms with Crippen molar-refractivity contribution in [2.45, 2.75) is 46.2 Å². The zero-order valence-electron chi connectivity index (χ0n) is 17.2. The molecular formula is C21H30ClFN4O. The van der Waals surface area contributed by atoms with Crippen molar-refractivity contribution >= 4 is 22.5 Å². The molecule has 5 nitrogen and oxygen atoms in total. The van der Waals surface area contributed by atoms with Gasteiger partial charge in [0.2, 0.25) is 0 Å². The van der Waals surface area contributed by atoms with Gasteiger partial charge in [-0.2, -0.15) is 0 Å². The largest absolute Gasteiger partial charge is 0.305 e. The molecule has 0 aliphatic carbocycles. The van der Waals surface area contributed by atoms with E-state index in [9.17, 15) is 9.18 Å². The molecule has 1 aliphatic rings. The molecule has 0 amide bonds. The SMILES string of the molecule is CCC[C@H](c1nc2cc(F)c(Cl)cc2c(=O)n1CC)N1CCN(C)C[C@H](C)C1. The van der Waals surface area contributed by atoms with Crippen molar-refractivity contribution in [3.63, 3.8) is 0 Å². The zero-order valence-corrected chi connectivity index (χ0v) is 18.0. The van der Waals surface area contributed by atoms with Gasteiger partial charge in [-0.1, -0.05) is 31.9 Å². The first kappa shape index (κ1) is 21.2. The van der Waals surface area contributed by atoms with Gasteiger partial charge in [0, 0.05) is 38.8 Å². The third kappa shape index (κ3) is 4.24. The van der Waals surface area contributed by atoms with E-state index in [1.165, 1.54) is 12.1 Å². The van der Waals surface area contributed by atoms with Crippen molar-refractivity contribution in [1.82, 2.24) is 19.4 Å². The van der Waals surface area contributed by atoms with Gasteiger partial charge in [-0.25, -0.2) is 9.37 Å². The average Bonchev–Trinajstić information content (AvgIpc) is 2.81. The lowest BCUT2D eigenvalue weighted by Crippen LogP contribution is -2.38. The number of hydrogen-bond donors (Lipinski definition) is 0. The van der Waals surface area contributed by atoms with Crippen molar-refractivity contribution in [3.05, 3.63) is 39.2 Å². The Hall–Kier alpha value is -1.50. The number of fused-ring (bicyclic) bond motifs is 1. The Bertz CT molecular complexity index is 900. The first-order valence-corrected chi connectivity index (χ1v) is 10.6. The van der Waals surface area contributed by atoms with Crippen LogP contribution >= 0.6 is 11.6 Å². The van der Waals surface area contributed by atoms with Crippen LogP contribution < -0.4 is 5.56 Å². The van der Waals surface area contributed by atoms with Gasteiger partial charge in [0.05, 0.1) is 22.0 Å². The molecule has 1 fully saturated rings. The smallest absolute Gasteiger partial charge is 0.261 e. The monoisotopic (exact) mass is 408 g/mol. The molecule has 1 saturated heterocycles. The van der Waals surface area contributed by atoms with Crippen molar-refractivity contribution in [2.24, 2.45) is 5.92 Å². The number of nitrogens with zero attached hydrogens (tertiary/aromatic N) is 4. The fraction of sp³-hybridized carbons (Fsp3) is 0.619. The molecule has 0 saturated carbocycles. The van der Waals surface area contributed by atoms with E-state index >= 15 is 0 Å². The lowest BCUT2D eigenvalue weighted by molar-refractivity contribution is 0.167. The minimum atomic E-state index is -0.543. The van der Waals surface area contributed by atoms with Gasteiger partial charge >= 0.3 is 0 Å². The number of likely N-dealkylation sites (N-methyl/N-ethyl adjacent to an activating group) is 1. The minimum Gasteiger partial charge on any atom is -0.305 e. The molecule has 154 valence electrons. The Kier molecular flexibility index (Phi) is 6.73. The predicted molar refractivity (Wildman–Crippen MR) is 113 cm³/mol. The number of aromatic nitrogens is 2. The summed E-state index contributed by atoms with van der Waals surface area (Å²) in [4.78, 5) is 22.7. The Morgan fingerprint density at radius 2 is 2.04 bits per heavy atom. The second-order valence-corrected chi connectivity index (χ2v) is 8.38. The minimum absolute atomic E-state index is 0.0368. The van der Waals surface area contributed by atoms with Gasteiger partial charge in [-0.15, -0.1) is 0 Å². The van der Waals surface area contributed by atoms with Crippen molar-refractivity contribution in [1.29, 1.82) is 0 Å². The number of hydrogen-bond acceptors (Lipinski definition) is 4. The van der Waals surface area contributed by atoms with Gasteiger partial charge in [0.1, 0.15) is 11.6 Å². The average molecular weight is 409 g/mol. The summed E-state index contributed by atoms with van der Waals surface area (Å²) in [6, 6.07) is 2.72. The molecule has 3 rings (SSSR count). The maximum Gasteiger partial charge on any atom is 0.261 e. The standard InChI is InChI=1S/C21H30ClFN4O/c1-5-7-19(26-9-8-25(4)12-14(3)13-26)20-24-18-11-17(23)16(22)10-15(18)21(28)27(20)6-2/h10-11,14,19H,5-9,12-13H2,1-4H3/t14-,19+/m0/s1. The van der Waals surface area contributed by atoms with E-state index in [0.717, 1.165) is 44.8 Å². The molecule has 0 N–H and O–H groups in total. The first-order chi connectivity index (χ1) is 13.3. The predicted octanol–water partition coefficient (Wildman–Crippen LogP) is 3.93. The van der Waals surface area contributed by atoms with Gasteiger partial charge in [0.25, 0.3) is 5.56 Å². The van der Waals surface area contributed by atoms with Crippen molar-refractivity contribution in [2.75, 3.05) is 33.2 Å². The highest BCUT2D eigenvalue weighted by atomic mass is 35.5. The van der Waals surface area contributed by atoms with Crippen LogP contribution in [-0.2, 0) is 6.54 Å². The highest BCUT2D eigenvalue weighted by Crippen LogP contribution is 2.28. The lowest BCUT2D eigenvalue weighted by atomic mass is 10.1. The van der Waals surface area contributed by atoms with Gasteiger partial charge in [0.15, 0.2) is 0 Å². The lowest BCUT2D eigenvalue weighted by Gasteiger charge is -2.32. The van der Waals surface area contributed by atoms with Crippen LogP contribution in [0, 0.1) is 11.7 Å². The van der Waals surface area contributed by atoms with E-state index in [-0.39, 0.29) is 16.6 Å². The molecule has 0 bridgehead atoms. The van der Waals surface area contributed by atoms with E-state index in [1.807, 2.05) is 6.92 Å². The van der Waals surface area contributed by atoms with E-state index in [4.69, 9.17) is 16.6 Å². The third-order valence-electron chi connectivity index (χ3n) is 5.58. The van der Waals surface area contributed by atoms with Gasteiger partial charge in [-0.05, 0) is 32.4 Å². The molecule has 2 atom stereocenters. The van der Waals surface area contributed by atoms with Crippen LogP contribution in [0.25, 0.3) is 10.9 Å². The van der Waals surface area contributed by atoms with Crippen LogP contribution in [0.3, 0.4) is 0 Å². The normalized spacial score (nSPS) is 20.4. The quantitative estimate of drug-likeness (QED) is 0.751. The number of rotatable bonds is 5. The van der Waals surface area contributed by atoms with E-state index in [0.29, 0.717) is 23.4 Å². The highest BCUT2D eigenvalue weighted by Gasteiger charge is 2.28.